The smallest absolute Gasteiger partial charge is 0.396 e. The molecule has 354 valence electrons. The number of aliphatic hydroxyl groups excluding tert-OH is 5. The molecule has 4 atom stereocenters. The summed E-state index contributed by atoms with van der Waals surface area (Å²) in [6, 6.07) is 0. The molecule has 10 heteroatoms. The molecule has 0 aliphatic carbocycles. The highest BCUT2D eigenvalue weighted by Crippen LogP contribution is 2.24. The summed E-state index contributed by atoms with van der Waals surface area (Å²) < 4.78 is 10.1. The van der Waals surface area contributed by atoms with E-state index >= 15 is 0 Å². The summed E-state index contributed by atoms with van der Waals surface area (Å²) >= 11 is 0. The van der Waals surface area contributed by atoms with Gasteiger partial charge in [-0.25, -0.2) is 0 Å². The number of hydrogen-bond acceptors (Lipinski definition) is 10. The molecule has 10 nitrogen and oxygen atoms in total. The normalized spacial score (nSPS) is 14.2. The third kappa shape index (κ3) is 34.7. The fourth-order valence-electron chi connectivity index (χ4n) is 7.40. The van der Waals surface area contributed by atoms with Crippen molar-refractivity contribution in [1.29, 1.82) is 0 Å². The average Bonchev–Trinajstić information content (AvgIpc) is 3.24. The maximum atomic E-state index is 12.7. The first-order valence-corrected chi connectivity index (χ1v) is 24.9. The van der Waals surface area contributed by atoms with Crippen molar-refractivity contribution < 1.29 is 49.7 Å². The van der Waals surface area contributed by atoms with Gasteiger partial charge in [0.05, 0.1) is 6.61 Å². The molecule has 0 aliphatic heterocycles. The molecule has 0 amide bonds. The van der Waals surface area contributed by atoms with E-state index in [4.69, 9.17) is 14.6 Å². The molecular weight excluding hydrogens is 761 g/mol. The van der Waals surface area contributed by atoms with Crippen molar-refractivity contribution in [3.8, 4) is 0 Å². The number of ether oxygens (including phenoxy) is 2. The average molecular weight is 855 g/mol. The highest BCUT2D eigenvalue weighted by molar-refractivity contribution is 5.72. The van der Waals surface area contributed by atoms with Gasteiger partial charge in [0.15, 0.2) is 6.10 Å². The van der Waals surface area contributed by atoms with Crippen LogP contribution in [0.5, 0.6) is 0 Å². The topological polar surface area (TPSA) is 174 Å². The number of hydrogen-bond donors (Lipinski definition) is 6. The molecule has 60 heavy (non-hydrogen) atoms. The van der Waals surface area contributed by atoms with Crippen molar-refractivity contribution >= 4 is 11.9 Å². The number of allylic oxidation sites excluding steroid dienone is 4. The Hall–Kier alpha value is -1.82. The van der Waals surface area contributed by atoms with Crippen molar-refractivity contribution in [1.82, 2.24) is 0 Å². The maximum absolute atomic E-state index is 12.7. The zero-order chi connectivity index (χ0) is 44.4. The van der Waals surface area contributed by atoms with Crippen molar-refractivity contribution in [3.05, 3.63) is 24.3 Å². The van der Waals surface area contributed by atoms with Gasteiger partial charge in [-0.15, -0.1) is 0 Å². The van der Waals surface area contributed by atoms with E-state index in [2.05, 4.69) is 38.2 Å². The Kier molecular flexibility index (Phi) is 41.2. The van der Waals surface area contributed by atoms with Crippen LogP contribution in [0, 0.1) is 0 Å². The van der Waals surface area contributed by atoms with Gasteiger partial charge < -0.3 is 40.1 Å². The van der Waals surface area contributed by atoms with Gasteiger partial charge >= 0.3 is 17.9 Å². The van der Waals surface area contributed by atoms with E-state index in [-0.39, 0.29) is 12.8 Å². The van der Waals surface area contributed by atoms with Crippen molar-refractivity contribution in [2.45, 2.75) is 275 Å². The molecule has 0 rings (SSSR count). The lowest BCUT2D eigenvalue weighted by Gasteiger charge is -2.35. The van der Waals surface area contributed by atoms with E-state index in [0.29, 0.717) is 12.8 Å². The van der Waals surface area contributed by atoms with E-state index in [9.17, 15) is 35.1 Å². The summed E-state index contributed by atoms with van der Waals surface area (Å²) in [4.78, 5) is 25.5. The van der Waals surface area contributed by atoms with Gasteiger partial charge in [0, 0.05) is 12.8 Å². The summed E-state index contributed by atoms with van der Waals surface area (Å²) in [6.07, 6.45) is 39.3. The minimum Gasteiger partial charge on any atom is -0.396 e. The minimum absolute atomic E-state index is 0.118. The highest BCUT2D eigenvalue weighted by atomic mass is 16.8. The van der Waals surface area contributed by atoms with Gasteiger partial charge in [-0.3, -0.25) is 9.59 Å². The van der Waals surface area contributed by atoms with Gasteiger partial charge in [-0.1, -0.05) is 192 Å². The largest absolute Gasteiger partial charge is 0.403 e. The van der Waals surface area contributed by atoms with E-state index in [1.54, 1.807) is 0 Å². The van der Waals surface area contributed by atoms with Gasteiger partial charge in [0.1, 0.15) is 18.3 Å². The summed E-state index contributed by atoms with van der Waals surface area (Å²) in [7, 11) is 0. The van der Waals surface area contributed by atoms with Gasteiger partial charge in [0.25, 0.3) is 0 Å². The van der Waals surface area contributed by atoms with Crippen LogP contribution in [0.2, 0.25) is 0 Å². The number of aliphatic hydroxyl groups is 6. The third-order valence-corrected chi connectivity index (χ3v) is 11.4. The van der Waals surface area contributed by atoms with Crippen molar-refractivity contribution in [2.75, 3.05) is 6.61 Å². The SMILES string of the molecule is CCCCCCCC/C=C\CCCCCCCCCCCC(=O)OC(O)(OC(=O)CCCCCCCCCCC/C=C\CCCCCCCC)[C@H](O)[C@H](O)[C@H](O)[C@@H](O)CO. The van der Waals surface area contributed by atoms with Gasteiger partial charge in [-0.05, 0) is 64.2 Å². The maximum Gasteiger partial charge on any atom is 0.403 e. The van der Waals surface area contributed by atoms with E-state index in [1.807, 2.05) is 0 Å². The third-order valence-electron chi connectivity index (χ3n) is 11.4. The molecule has 6 N–H and O–H groups in total. The first kappa shape index (κ1) is 58.2. The lowest BCUT2D eigenvalue weighted by Crippen LogP contribution is -2.59. The van der Waals surface area contributed by atoms with E-state index in [0.717, 1.165) is 64.2 Å². The Labute approximate surface area is 367 Å². The predicted molar refractivity (Wildman–Crippen MR) is 244 cm³/mol. The van der Waals surface area contributed by atoms with Crippen molar-refractivity contribution in [3.63, 3.8) is 0 Å². The lowest BCUT2D eigenvalue weighted by atomic mass is 10.0. The fourth-order valence-corrected chi connectivity index (χ4v) is 7.40. The number of unbranched alkanes of at least 4 members (excludes halogenated alkanes) is 30. The second-order valence-corrected chi connectivity index (χ2v) is 17.3. The number of rotatable bonds is 45. The molecule has 0 aromatic heterocycles. The highest BCUT2D eigenvalue weighted by Gasteiger charge is 2.51. The van der Waals surface area contributed by atoms with Crippen LogP contribution in [0.15, 0.2) is 24.3 Å². The molecule has 0 saturated carbocycles. The van der Waals surface area contributed by atoms with Crippen LogP contribution in [-0.4, -0.2) is 79.6 Å². The van der Waals surface area contributed by atoms with Gasteiger partial charge in [-0.2, -0.15) is 0 Å². The van der Waals surface area contributed by atoms with Gasteiger partial charge in [0.2, 0.25) is 0 Å². The minimum atomic E-state index is -3.29. The Bertz CT molecular complexity index is 955. The second kappa shape index (κ2) is 42.5. The van der Waals surface area contributed by atoms with Crippen LogP contribution in [0.1, 0.15) is 245 Å². The predicted octanol–water partition coefficient (Wildman–Crippen LogP) is 11.4. The van der Waals surface area contributed by atoms with Crippen molar-refractivity contribution in [2.24, 2.45) is 0 Å². The standard InChI is InChI=1S/C50H94O10/c1-3-5-7-9-11-13-15-17-19-21-23-25-27-29-31-33-35-37-39-41-45(53)59-50(58,49(57)48(56)47(55)44(52)43-51)60-46(54)42-40-38-36-34-32-30-28-26-24-22-20-18-16-14-12-10-8-6-4-2/h17-20,44,47-49,51-52,55-58H,3-16,21-43H2,1-2H3/b19-17-,20-18-/t44-,47+,48+,49+/m0/s1. The summed E-state index contributed by atoms with van der Waals surface area (Å²) in [5, 5.41) is 61.2. The van der Waals surface area contributed by atoms with Crippen LogP contribution in [-0.2, 0) is 19.1 Å². The van der Waals surface area contributed by atoms with Crippen LogP contribution in [0.3, 0.4) is 0 Å². The lowest BCUT2D eigenvalue weighted by molar-refractivity contribution is -0.375. The number of carbonyl (C=O) groups excluding carboxylic acids is 2. The summed E-state index contributed by atoms with van der Waals surface area (Å²) in [5.74, 6) is -5.19. The summed E-state index contributed by atoms with van der Waals surface area (Å²) in [6.45, 7) is 3.55. The van der Waals surface area contributed by atoms with Crippen LogP contribution in [0.25, 0.3) is 0 Å². The van der Waals surface area contributed by atoms with Crippen LogP contribution >= 0.6 is 0 Å². The Morgan fingerprint density at radius 1 is 0.433 bits per heavy atom. The molecule has 0 unspecified atom stereocenters. The Balaban J connectivity index is 4.34. The molecule has 0 aliphatic rings. The fraction of sp³-hybridized carbons (Fsp3) is 0.880. The number of esters is 2. The molecule has 0 saturated heterocycles. The first-order chi connectivity index (χ1) is 29.1. The molecular formula is C50H94O10. The van der Waals surface area contributed by atoms with E-state index in [1.165, 1.54) is 141 Å². The zero-order valence-corrected chi connectivity index (χ0v) is 38.6. The number of carbonyl (C=O) groups is 2. The molecule has 0 radical (unpaired) electrons. The summed E-state index contributed by atoms with van der Waals surface area (Å²) in [5.41, 5.74) is 0. The molecule has 0 bridgehead atoms. The Morgan fingerprint density at radius 2 is 0.700 bits per heavy atom. The van der Waals surface area contributed by atoms with Crippen LogP contribution < -0.4 is 0 Å². The molecule has 0 aromatic rings. The first-order valence-electron chi connectivity index (χ1n) is 24.9. The molecule has 0 spiro atoms. The monoisotopic (exact) mass is 855 g/mol. The Morgan fingerprint density at radius 3 is 0.983 bits per heavy atom. The van der Waals surface area contributed by atoms with Crippen LogP contribution in [0.4, 0.5) is 0 Å². The van der Waals surface area contributed by atoms with E-state index < -0.39 is 48.9 Å². The zero-order valence-electron chi connectivity index (χ0n) is 38.6. The molecule has 0 heterocycles. The second-order valence-electron chi connectivity index (χ2n) is 17.3. The quantitative estimate of drug-likeness (QED) is 0.0150. The molecule has 0 fully saturated rings. The molecule has 0 aromatic carbocycles.